The van der Waals surface area contributed by atoms with Crippen LogP contribution in [0.4, 0.5) is 0 Å². The molecule has 0 saturated carbocycles. The number of benzene rings is 1. The van der Waals surface area contributed by atoms with Crippen molar-refractivity contribution in [2.45, 2.75) is 12.5 Å². The largest absolute Gasteiger partial charge is 0.384 e. The van der Waals surface area contributed by atoms with Crippen molar-refractivity contribution in [3.63, 3.8) is 0 Å². The number of aliphatic hydroxyl groups is 1. The number of nitrogens with zero attached hydrogens (tertiary/aromatic N) is 2. The van der Waals surface area contributed by atoms with Gasteiger partial charge in [0.15, 0.2) is 5.96 Å². The molecule has 1 unspecified atom stereocenters. The predicted octanol–water partition coefficient (Wildman–Crippen LogP) is 0.785. The highest BCUT2D eigenvalue weighted by Gasteiger charge is 2.24. The van der Waals surface area contributed by atoms with E-state index in [1.54, 1.807) is 0 Å². The Kier molecular flexibility index (Phi) is 3.33. The second-order valence-electron chi connectivity index (χ2n) is 4.62. The summed E-state index contributed by atoms with van der Waals surface area (Å²) in [6, 6.07) is 9.68. The molecule has 2 rings (SSSR count). The fraction of sp³-hybridized carbons (Fsp3) is 0.462. The number of guanidine groups is 1. The molecule has 92 valence electrons. The van der Waals surface area contributed by atoms with Gasteiger partial charge >= 0.3 is 0 Å². The number of nitrogens with one attached hydrogen (secondary N) is 1. The van der Waals surface area contributed by atoms with E-state index in [2.05, 4.69) is 15.2 Å². The molecule has 0 amide bonds. The first-order valence-corrected chi connectivity index (χ1v) is 5.87. The molecule has 1 heterocycles. The van der Waals surface area contributed by atoms with Crippen LogP contribution in [0.5, 0.6) is 0 Å². The lowest BCUT2D eigenvalue weighted by atomic mass is 9.96. The number of hydrogen-bond acceptors (Lipinski definition) is 4. The topological polar surface area (TPSA) is 47.9 Å². The van der Waals surface area contributed by atoms with Crippen molar-refractivity contribution in [1.82, 2.24) is 10.2 Å². The van der Waals surface area contributed by atoms with E-state index in [9.17, 15) is 5.11 Å². The van der Waals surface area contributed by atoms with Gasteiger partial charge in [-0.05, 0) is 12.5 Å². The van der Waals surface area contributed by atoms with Crippen molar-refractivity contribution >= 4 is 5.96 Å². The Hall–Kier alpha value is -1.55. The standard InChI is InChI=1S/C13H19N3O/c1-13(17,11-6-4-3-5-7-11)10-15-12-14-8-9-16(12)2/h3-7,17H,8-10H2,1-2H3,(H,14,15). The molecule has 1 aliphatic heterocycles. The second kappa shape index (κ2) is 4.75. The van der Waals surface area contributed by atoms with Crippen molar-refractivity contribution in [1.29, 1.82) is 0 Å². The zero-order valence-corrected chi connectivity index (χ0v) is 10.3. The van der Waals surface area contributed by atoms with Crippen LogP contribution < -0.4 is 5.32 Å². The molecule has 1 aromatic carbocycles. The average Bonchev–Trinajstić information content (AvgIpc) is 2.74. The summed E-state index contributed by atoms with van der Waals surface area (Å²) in [5.41, 5.74) is 0.0291. The minimum Gasteiger partial charge on any atom is -0.384 e. The lowest BCUT2D eigenvalue weighted by Gasteiger charge is -2.26. The predicted molar refractivity (Wildman–Crippen MR) is 68.9 cm³/mol. The fourth-order valence-electron chi connectivity index (χ4n) is 1.87. The molecule has 0 aromatic heterocycles. The van der Waals surface area contributed by atoms with Crippen molar-refractivity contribution < 1.29 is 5.11 Å². The number of hydrogen-bond donors (Lipinski definition) is 2. The van der Waals surface area contributed by atoms with Crippen molar-refractivity contribution in [3.8, 4) is 0 Å². The maximum atomic E-state index is 10.4. The molecule has 0 aliphatic carbocycles. The highest BCUT2D eigenvalue weighted by molar-refractivity contribution is 5.81. The third kappa shape index (κ3) is 2.77. The van der Waals surface area contributed by atoms with Gasteiger partial charge in [0.1, 0.15) is 5.60 Å². The van der Waals surface area contributed by atoms with E-state index in [1.807, 2.05) is 44.3 Å². The van der Waals surface area contributed by atoms with Crippen LogP contribution in [-0.4, -0.2) is 42.6 Å². The number of rotatable bonds is 3. The molecule has 0 spiro atoms. The van der Waals surface area contributed by atoms with Crippen LogP contribution in [-0.2, 0) is 5.60 Å². The van der Waals surface area contributed by atoms with E-state index in [0.29, 0.717) is 6.54 Å². The van der Waals surface area contributed by atoms with Crippen LogP contribution in [0.1, 0.15) is 12.5 Å². The van der Waals surface area contributed by atoms with E-state index in [1.165, 1.54) is 0 Å². The monoisotopic (exact) mass is 233 g/mol. The van der Waals surface area contributed by atoms with Gasteiger partial charge in [-0.15, -0.1) is 0 Å². The van der Waals surface area contributed by atoms with Gasteiger partial charge in [0, 0.05) is 13.6 Å². The first-order valence-electron chi connectivity index (χ1n) is 5.87. The van der Waals surface area contributed by atoms with Gasteiger partial charge in [0.2, 0.25) is 0 Å². The molecular formula is C13H19N3O. The Morgan fingerprint density at radius 1 is 1.41 bits per heavy atom. The van der Waals surface area contributed by atoms with Crippen molar-refractivity contribution in [2.75, 3.05) is 26.7 Å². The lowest BCUT2D eigenvalue weighted by molar-refractivity contribution is 0.0613. The van der Waals surface area contributed by atoms with Gasteiger partial charge in [0.05, 0.1) is 13.1 Å². The zero-order chi connectivity index (χ0) is 12.3. The highest BCUT2D eigenvalue weighted by atomic mass is 16.3. The number of likely N-dealkylation sites (N-methyl/N-ethyl adjacent to an activating group) is 1. The zero-order valence-electron chi connectivity index (χ0n) is 10.3. The summed E-state index contributed by atoms with van der Waals surface area (Å²) in [7, 11) is 2.00. The third-order valence-electron chi connectivity index (χ3n) is 3.04. The molecule has 4 nitrogen and oxygen atoms in total. The van der Waals surface area contributed by atoms with Crippen molar-refractivity contribution in [2.24, 2.45) is 4.99 Å². The van der Waals surface area contributed by atoms with E-state index in [4.69, 9.17) is 0 Å². The molecule has 1 aliphatic rings. The molecule has 1 aromatic rings. The Morgan fingerprint density at radius 3 is 2.71 bits per heavy atom. The fourth-order valence-corrected chi connectivity index (χ4v) is 1.87. The molecule has 0 fully saturated rings. The van der Waals surface area contributed by atoms with Gasteiger partial charge < -0.3 is 15.3 Å². The Morgan fingerprint density at radius 2 is 2.12 bits per heavy atom. The van der Waals surface area contributed by atoms with E-state index >= 15 is 0 Å². The molecule has 0 radical (unpaired) electrons. The summed E-state index contributed by atoms with van der Waals surface area (Å²) < 4.78 is 0. The van der Waals surface area contributed by atoms with Gasteiger partial charge in [0.25, 0.3) is 0 Å². The molecule has 0 saturated heterocycles. The van der Waals surface area contributed by atoms with Crippen LogP contribution in [0.2, 0.25) is 0 Å². The van der Waals surface area contributed by atoms with Gasteiger partial charge in [-0.1, -0.05) is 30.3 Å². The molecule has 17 heavy (non-hydrogen) atoms. The summed E-state index contributed by atoms with van der Waals surface area (Å²) in [4.78, 5) is 6.39. The average molecular weight is 233 g/mol. The highest BCUT2D eigenvalue weighted by Crippen LogP contribution is 2.19. The summed E-state index contributed by atoms with van der Waals surface area (Å²) in [5.74, 6) is 0.862. The lowest BCUT2D eigenvalue weighted by Crippen LogP contribution is -2.43. The Balaban J connectivity index is 1.98. The van der Waals surface area contributed by atoms with Crippen LogP contribution in [0.25, 0.3) is 0 Å². The molecule has 2 N–H and O–H groups in total. The molecule has 4 heteroatoms. The molecular weight excluding hydrogens is 214 g/mol. The number of aliphatic imine (C=N–C) groups is 1. The van der Waals surface area contributed by atoms with Gasteiger partial charge in [-0.25, -0.2) is 0 Å². The first-order chi connectivity index (χ1) is 8.09. The van der Waals surface area contributed by atoms with E-state index in [0.717, 1.165) is 24.6 Å². The van der Waals surface area contributed by atoms with Crippen LogP contribution in [0, 0.1) is 0 Å². The summed E-state index contributed by atoms with van der Waals surface area (Å²) in [6.45, 7) is 4.03. The Labute approximate surface area is 102 Å². The minimum absolute atomic E-state index is 0.459. The maximum Gasteiger partial charge on any atom is 0.193 e. The summed E-state index contributed by atoms with van der Waals surface area (Å²) >= 11 is 0. The normalized spacial score (nSPS) is 18.8. The third-order valence-corrected chi connectivity index (χ3v) is 3.04. The minimum atomic E-state index is -0.882. The SMILES string of the molecule is CN1CCN=C1NCC(C)(O)c1ccccc1. The van der Waals surface area contributed by atoms with Crippen LogP contribution in [0.15, 0.2) is 35.3 Å². The smallest absolute Gasteiger partial charge is 0.193 e. The molecule has 1 atom stereocenters. The van der Waals surface area contributed by atoms with Crippen LogP contribution >= 0.6 is 0 Å². The van der Waals surface area contributed by atoms with E-state index < -0.39 is 5.60 Å². The van der Waals surface area contributed by atoms with Gasteiger partial charge in [-0.3, -0.25) is 4.99 Å². The summed E-state index contributed by atoms with van der Waals surface area (Å²) in [6.07, 6.45) is 0. The van der Waals surface area contributed by atoms with Gasteiger partial charge in [-0.2, -0.15) is 0 Å². The quantitative estimate of drug-likeness (QED) is 0.811. The van der Waals surface area contributed by atoms with Crippen molar-refractivity contribution in [3.05, 3.63) is 35.9 Å². The Bertz CT molecular complexity index is 400. The summed E-state index contributed by atoms with van der Waals surface area (Å²) in [5, 5.41) is 13.6. The second-order valence-corrected chi connectivity index (χ2v) is 4.62. The van der Waals surface area contributed by atoms with E-state index in [-0.39, 0.29) is 0 Å². The molecule has 0 bridgehead atoms. The van der Waals surface area contributed by atoms with Crippen LogP contribution in [0.3, 0.4) is 0 Å². The maximum absolute atomic E-state index is 10.4. The first kappa shape index (κ1) is 11.9.